The average molecular weight is 252 g/mol. The lowest BCUT2D eigenvalue weighted by atomic mass is 10.1. The average Bonchev–Trinajstić information content (AvgIpc) is 2.31. The van der Waals surface area contributed by atoms with Crippen LogP contribution in [0.15, 0.2) is 18.2 Å². The number of nitrogens with two attached hydrogens (primary N) is 1. The number of carbonyl (C=O) groups is 2. The fourth-order valence-corrected chi connectivity index (χ4v) is 1.22. The van der Waals surface area contributed by atoms with Crippen LogP contribution in [0.2, 0.25) is 0 Å². The monoisotopic (exact) mass is 252 g/mol. The fourth-order valence-electron chi connectivity index (χ4n) is 1.22. The van der Waals surface area contributed by atoms with Gasteiger partial charge in [0.05, 0.1) is 0 Å². The molecule has 18 heavy (non-hydrogen) atoms. The third-order valence-electron chi connectivity index (χ3n) is 2.15. The Bertz CT molecular complexity index is 523. The second kappa shape index (κ2) is 5.77. The molecule has 0 fully saturated rings. The SMILES string of the molecule is C#CC[C@H](NC(=O)c1ccc(F)c(F)c1)C(N)=O. The van der Waals surface area contributed by atoms with Gasteiger partial charge in [0, 0.05) is 12.0 Å². The van der Waals surface area contributed by atoms with Crippen LogP contribution in [0.1, 0.15) is 16.8 Å². The summed E-state index contributed by atoms with van der Waals surface area (Å²) in [7, 11) is 0. The molecule has 6 heteroatoms. The molecule has 1 aromatic rings. The van der Waals surface area contributed by atoms with Gasteiger partial charge in [-0.05, 0) is 18.2 Å². The first kappa shape index (κ1) is 13.6. The Kier molecular flexibility index (Phi) is 4.38. The maximum atomic E-state index is 12.9. The summed E-state index contributed by atoms with van der Waals surface area (Å²) in [5, 5.41) is 2.24. The van der Waals surface area contributed by atoms with Crippen LogP contribution in [0.3, 0.4) is 0 Å². The van der Waals surface area contributed by atoms with Gasteiger partial charge in [-0.15, -0.1) is 12.3 Å². The van der Waals surface area contributed by atoms with Crippen LogP contribution in [-0.4, -0.2) is 17.9 Å². The van der Waals surface area contributed by atoms with E-state index in [0.29, 0.717) is 0 Å². The Morgan fingerprint density at radius 1 is 1.39 bits per heavy atom. The molecule has 0 aromatic heterocycles. The Hall–Kier alpha value is -2.42. The van der Waals surface area contributed by atoms with Crippen molar-refractivity contribution < 1.29 is 18.4 Å². The zero-order chi connectivity index (χ0) is 13.7. The summed E-state index contributed by atoms with van der Waals surface area (Å²) >= 11 is 0. The second-order valence-electron chi connectivity index (χ2n) is 3.47. The van der Waals surface area contributed by atoms with Gasteiger partial charge in [0.25, 0.3) is 5.91 Å². The van der Waals surface area contributed by atoms with Crippen LogP contribution in [0.25, 0.3) is 0 Å². The highest BCUT2D eigenvalue weighted by Crippen LogP contribution is 2.09. The van der Waals surface area contributed by atoms with E-state index in [9.17, 15) is 18.4 Å². The first-order chi connectivity index (χ1) is 8.45. The fraction of sp³-hybridized carbons (Fsp3) is 0.167. The van der Waals surface area contributed by atoms with E-state index in [4.69, 9.17) is 12.2 Å². The molecule has 1 rings (SSSR count). The Labute approximate surface area is 102 Å². The Balaban J connectivity index is 2.84. The van der Waals surface area contributed by atoms with Crippen LogP contribution in [0, 0.1) is 24.0 Å². The molecule has 0 radical (unpaired) electrons. The normalized spacial score (nSPS) is 11.4. The number of terminal acetylenes is 1. The van der Waals surface area contributed by atoms with E-state index in [1.807, 2.05) is 0 Å². The molecule has 0 spiro atoms. The highest BCUT2D eigenvalue weighted by atomic mass is 19.2. The lowest BCUT2D eigenvalue weighted by Gasteiger charge is -2.12. The van der Waals surface area contributed by atoms with Gasteiger partial charge in [0.1, 0.15) is 6.04 Å². The number of primary amides is 1. The van der Waals surface area contributed by atoms with Crippen molar-refractivity contribution in [1.82, 2.24) is 5.32 Å². The summed E-state index contributed by atoms with van der Waals surface area (Å²) < 4.78 is 25.6. The molecular weight excluding hydrogens is 242 g/mol. The van der Waals surface area contributed by atoms with Crippen LogP contribution in [-0.2, 0) is 4.79 Å². The highest BCUT2D eigenvalue weighted by molar-refractivity contribution is 5.97. The van der Waals surface area contributed by atoms with Crippen LogP contribution in [0.4, 0.5) is 8.78 Å². The van der Waals surface area contributed by atoms with E-state index in [1.165, 1.54) is 0 Å². The van der Waals surface area contributed by atoms with Crippen molar-refractivity contribution in [1.29, 1.82) is 0 Å². The molecule has 94 valence electrons. The molecule has 0 heterocycles. The minimum absolute atomic E-state index is 0.0786. The molecule has 0 bridgehead atoms. The van der Waals surface area contributed by atoms with E-state index in [-0.39, 0.29) is 12.0 Å². The third kappa shape index (κ3) is 3.28. The molecule has 3 N–H and O–H groups in total. The van der Waals surface area contributed by atoms with Gasteiger partial charge in [-0.1, -0.05) is 0 Å². The standard InChI is InChI=1S/C12H10F2N2O2/c1-2-3-10(11(15)17)16-12(18)7-4-5-8(13)9(14)6-7/h1,4-6,10H,3H2,(H2,15,17)(H,16,18)/t10-/m0/s1. The quantitative estimate of drug-likeness (QED) is 0.769. The number of amides is 2. The molecule has 2 amide bonds. The number of hydrogen-bond donors (Lipinski definition) is 2. The maximum absolute atomic E-state index is 12.9. The zero-order valence-electron chi connectivity index (χ0n) is 9.24. The summed E-state index contributed by atoms with van der Waals surface area (Å²) in [5.74, 6) is -1.61. The number of nitrogens with one attached hydrogen (secondary N) is 1. The van der Waals surface area contributed by atoms with Crippen LogP contribution in [0.5, 0.6) is 0 Å². The van der Waals surface area contributed by atoms with Crippen molar-refractivity contribution >= 4 is 11.8 Å². The van der Waals surface area contributed by atoms with Crippen molar-refractivity contribution in [2.75, 3.05) is 0 Å². The number of hydrogen-bond acceptors (Lipinski definition) is 2. The van der Waals surface area contributed by atoms with Crippen molar-refractivity contribution in [2.45, 2.75) is 12.5 Å². The van der Waals surface area contributed by atoms with E-state index >= 15 is 0 Å². The lowest BCUT2D eigenvalue weighted by molar-refractivity contribution is -0.119. The van der Waals surface area contributed by atoms with Crippen molar-refractivity contribution in [2.24, 2.45) is 5.73 Å². The summed E-state index contributed by atoms with van der Waals surface area (Å²) in [6, 6.07) is 1.57. The van der Waals surface area contributed by atoms with Gasteiger partial charge in [-0.25, -0.2) is 8.78 Å². The lowest BCUT2D eigenvalue weighted by Crippen LogP contribution is -2.44. The topological polar surface area (TPSA) is 72.2 Å². The number of benzene rings is 1. The van der Waals surface area contributed by atoms with Gasteiger partial charge in [0.2, 0.25) is 5.91 Å². The molecule has 0 saturated carbocycles. The first-order valence-corrected chi connectivity index (χ1v) is 4.94. The van der Waals surface area contributed by atoms with Gasteiger partial charge in [-0.3, -0.25) is 9.59 Å². The minimum atomic E-state index is -1.16. The summed E-state index contributed by atoms with van der Waals surface area (Å²) in [6.45, 7) is 0. The number of rotatable bonds is 4. The molecule has 4 nitrogen and oxygen atoms in total. The molecule has 0 unspecified atom stereocenters. The van der Waals surface area contributed by atoms with Crippen molar-refractivity contribution in [3.8, 4) is 12.3 Å². The van der Waals surface area contributed by atoms with E-state index < -0.39 is 29.5 Å². The first-order valence-electron chi connectivity index (χ1n) is 4.94. The van der Waals surface area contributed by atoms with Crippen LogP contribution >= 0.6 is 0 Å². The van der Waals surface area contributed by atoms with Crippen LogP contribution < -0.4 is 11.1 Å². The summed E-state index contributed by atoms with van der Waals surface area (Å²) in [6.07, 6.45) is 4.93. The Morgan fingerprint density at radius 2 is 2.06 bits per heavy atom. The predicted molar refractivity (Wildman–Crippen MR) is 60.3 cm³/mol. The molecule has 0 aliphatic rings. The maximum Gasteiger partial charge on any atom is 0.252 e. The highest BCUT2D eigenvalue weighted by Gasteiger charge is 2.18. The molecular formula is C12H10F2N2O2. The zero-order valence-corrected chi connectivity index (χ0v) is 9.24. The second-order valence-corrected chi connectivity index (χ2v) is 3.47. The molecule has 1 atom stereocenters. The molecule has 0 saturated heterocycles. The largest absolute Gasteiger partial charge is 0.368 e. The third-order valence-corrected chi connectivity index (χ3v) is 2.15. The van der Waals surface area contributed by atoms with Crippen molar-refractivity contribution in [3.63, 3.8) is 0 Å². The smallest absolute Gasteiger partial charge is 0.252 e. The molecule has 0 aliphatic heterocycles. The molecule has 0 aliphatic carbocycles. The Morgan fingerprint density at radius 3 is 2.56 bits per heavy atom. The van der Waals surface area contributed by atoms with Crippen molar-refractivity contribution in [3.05, 3.63) is 35.4 Å². The number of carbonyl (C=O) groups excluding carboxylic acids is 2. The van der Waals surface area contributed by atoms with E-state index in [0.717, 1.165) is 18.2 Å². The van der Waals surface area contributed by atoms with Gasteiger partial charge < -0.3 is 11.1 Å². The summed E-state index contributed by atoms with van der Waals surface area (Å²) in [4.78, 5) is 22.6. The number of halogens is 2. The molecule has 1 aromatic carbocycles. The van der Waals surface area contributed by atoms with Gasteiger partial charge in [0.15, 0.2) is 11.6 Å². The van der Waals surface area contributed by atoms with Gasteiger partial charge in [-0.2, -0.15) is 0 Å². The van der Waals surface area contributed by atoms with E-state index in [1.54, 1.807) is 0 Å². The summed E-state index contributed by atoms with van der Waals surface area (Å²) in [5.41, 5.74) is 4.89. The van der Waals surface area contributed by atoms with Gasteiger partial charge >= 0.3 is 0 Å². The minimum Gasteiger partial charge on any atom is -0.368 e. The van der Waals surface area contributed by atoms with E-state index in [2.05, 4.69) is 11.2 Å². The predicted octanol–water partition coefficient (Wildman–Crippen LogP) is 0.572.